The monoisotopic (exact) mass is 231 g/mol. The van der Waals surface area contributed by atoms with E-state index in [4.69, 9.17) is 5.73 Å². The average molecular weight is 231 g/mol. The van der Waals surface area contributed by atoms with Gasteiger partial charge in [0.1, 0.15) is 0 Å². The van der Waals surface area contributed by atoms with E-state index in [0.717, 1.165) is 11.4 Å². The third kappa shape index (κ3) is 2.27. The molecule has 2 aromatic rings. The van der Waals surface area contributed by atoms with Gasteiger partial charge in [-0.25, -0.2) is 0 Å². The largest absolute Gasteiger partial charge is 0.391 e. The van der Waals surface area contributed by atoms with Gasteiger partial charge >= 0.3 is 0 Å². The fourth-order valence-electron chi connectivity index (χ4n) is 1.93. The number of rotatable bonds is 3. The van der Waals surface area contributed by atoms with Crippen LogP contribution in [-0.4, -0.2) is 0 Å². The molecule has 2 heteroatoms. The summed E-state index contributed by atoms with van der Waals surface area (Å²) in [4.78, 5) is 1.29. The van der Waals surface area contributed by atoms with E-state index in [1.54, 1.807) is 11.3 Å². The third-order valence-corrected chi connectivity index (χ3v) is 3.62. The molecule has 0 aliphatic heterocycles. The van der Waals surface area contributed by atoms with Gasteiger partial charge in [-0.3, -0.25) is 0 Å². The van der Waals surface area contributed by atoms with Crippen molar-refractivity contribution < 1.29 is 0 Å². The van der Waals surface area contributed by atoms with Gasteiger partial charge in [0, 0.05) is 4.88 Å². The fourth-order valence-corrected chi connectivity index (χ4v) is 2.75. The molecule has 0 saturated heterocycles. The van der Waals surface area contributed by atoms with Gasteiger partial charge in [-0.2, -0.15) is 0 Å². The second-order valence-electron chi connectivity index (χ2n) is 4.07. The Labute approximate surface area is 101 Å². The molecule has 0 bridgehead atoms. The van der Waals surface area contributed by atoms with Crippen molar-refractivity contribution in [1.82, 2.24) is 0 Å². The van der Waals surface area contributed by atoms with Crippen LogP contribution in [0.1, 0.15) is 23.8 Å². The summed E-state index contributed by atoms with van der Waals surface area (Å²) in [6.07, 6.45) is 2.36. The molecule has 16 heavy (non-hydrogen) atoms. The molecule has 0 aliphatic rings. The summed E-state index contributed by atoms with van der Waals surface area (Å²) in [5.74, 6) is 0. The van der Waals surface area contributed by atoms with Crippen LogP contribution in [0.5, 0.6) is 0 Å². The van der Waals surface area contributed by atoms with Crippen molar-refractivity contribution >= 4 is 16.3 Å². The SMILES string of the molecule is CCCc1ccc(-c2cc(N)sc2C)cc1. The van der Waals surface area contributed by atoms with Crippen molar-refractivity contribution in [3.05, 3.63) is 40.8 Å². The molecule has 0 unspecified atom stereocenters. The van der Waals surface area contributed by atoms with E-state index in [0.29, 0.717) is 0 Å². The molecule has 84 valence electrons. The Hall–Kier alpha value is -1.28. The molecular formula is C14H17NS. The highest BCUT2D eigenvalue weighted by molar-refractivity contribution is 7.16. The number of aryl methyl sites for hydroxylation is 2. The Morgan fingerprint density at radius 3 is 2.38 bits per heavy atom. The Balaban J connectivity index is 2.31. The normalized spacial score (nSPS) is 10.6. The smallest absolute Gasteiger partial charge is 0.0865 e. The second-order valence-corrected chi connectivity index (χ2v) is 5.35. The van der Waals surface area contributed by atoms with E-state index in [9.17, 15) is 0 Å². The Morgan fingerprint density at radius 2 is 1.88 bits per heavy atom. The first-order valence-corrected chi connectivity index (χ1v) is 6.47. The third-order valence-electron chi connectivity index (χ3n) is 2.74. The van der Waals surface area contributed by atoms with Gasteiger partial charge in [0.05, 0.1) is 5.00 Å². The summed E-state index contributed by atoms with van der Waals surface area (Å²) >= 11 is 1.66. The van der Waals surface area contributed by atoms with Gasteiger partial charge < -0.3 is 5.73 Å². The molecule has 1 aromatic heterocycles. The molecule has 2 N–H and O–H groups in total. The summed E-state index contributed by atoms with van der Waals surface area (Å²) in [5, 5.41) is 0.894. The van der Waals surface area contributed by atoms with Gasteiger partial charge in [-0.15, -0.1) is 11.3 Å². The number of benzene rings is 1. The zero-order chi connectivity index (χ0) is 11.5. The van der Waals surface area contributed by atoms with Crippen molar-refractivity contribution in [3.8, 4) is 11.1 Å². The van der Waals surface area contributed by atoms with Crippen LogP contribution in [-0.2, 0) is 6.42 Å². The molecule has 0 spiro atoms. The van der Waals surface area contributed by atoms with E-state index < -0.39 is 0 Å². The predicted octanol–water partition coefficient (Wildman–Crippen LogP) is 4.26. The molecule has 1 heterocycles. The minimum atomic E-state index is 0.894. The molecule has 0 atom stereocenters. The van der Waals surface area contributed by atoms with Crippen LogP contribution in [0.25, 0.3) is 11.1 Å². The van der Waals surface area contributed by atoms with Crippen molar-refractivity contribution in [3.63, 3.8) is 0 Å². The van der Waals surface area contributed by atoms with E-state index in [-0.39, 0.29) is 0 Å². The quantitative estimate of drug-likeness (QED) is 0.839. The lowest BCUT2D eigenvalue weighted by Gasteiger charge is -2.02. The summed E-state index contributed by atoms with van der Waals surface area (Å²) < 4.78 is 0. The summed E-state index contributed by atoms with van der Waals surface area (Å²) in [7, 11) is 0. The summed E-state index contributed by atoms with van der Waals surface area (Å²) in [6, 6.07) is 10.9. The maximum atomic E-state index is 5.81. The highest BCUT2D eigenvalue weighted by Crippen LogP contribution is 2.32. The van der Waals surface area contributed by atoms with Crippen LogP contribution in [0.2, 0.25) is 0 Å². The van der Waals surface area contributed by atoms with Crippen LogP contribution >= 0.6 is 11.3 Å². The number of hydrogen-bond donors (Lipinski definition) is 1. The molecular weight excluding hydrogens is 214 g/mol. The molecule has 0 amide bonds. The lowest BCUT2D eigenvalue weighted by Crippen LogP contribution is -1.83. The van der Waals surface area contributed by atoms with Crippen molar-refractivity contribution in [1.29, 1.82) is 0 Å². The number of hydrogen-bond acceptors (Lipinski definition) is 2. The topological polar surface area (TPSA) is 26.0 Å². The van der Waals surface area contributed by atoms with Gasteiger partial charge in [0.25, 0.3) is 0 Å². The van der Waals surface area contributed by atoms with E-state index in [1.807, 2.05) is 0 Å². The number of nitrogens with two attached hydrogens (primary N) is 1. The zero-order valence-electron chi connectivity index (χ0n) is 9.79. The lowest BCUT2D eigenvalue weighted by atomic mass is 10.0. The van der Waals surface area contributed by atoms with Crippen molar-refractivity contribution in [2.75, 3.05) is 5.73 Å². The van der Waals surface area contributed by atoms with Crippen LogP contribution in [0, 0.1) is 6.92 Å². The van der Waals surface area contributed by atoms with Crippen LogP contribution < -0.4 is 5.73 Å². The maximum absolute atomic E-state index is 5.81. The zero-order valence-corrected chi connectivity index (χ0v) is 10.6. The first kappa shape index (κ1) is 11.2. The van der Waals surface area contributed by atoms with Crippen LogP contribution in [0.4, 0.5) is 5.00 Å². The molecule has 0 saturated carbocycles. The second kappa shape index (κ2) is 4.71. The highest BCUT2D eigenvalue weighted by atomic mass is 32.1. The Kier molecular flexibility index (Phi) is 3.30. The Morgan fingerprint density at radius 1 is 1.19 bits per heavy atom. The molecule has 2 rings (SSSR count). The minimum Gasteiger partial charge on any atom is -0.391 e. The molecule has 1 aromatic carbocycles. The van der Waals surface area contributed by atoms with E-state index in [2.05, 4.69) is 44.2 Å². The maximum Gasteiger partial charge on any atom is 0.0865 e. The summed E-state index contributed by atoms with van der Waals surface area (Å²) in [6.45, 7) is 4.33. The first-order valence-electron chi connectivity index (χ1n) is 5.66. The van der Waals surface area contributed by atoms with Crippen molar-refractivity contribution in [2.45, 2.75) is 26.7 Å². The molecule has 0 radical (unpaired) electrons. The summed E-state index contributed by atoms with van der Waals surface area (Å²) in [5.41, 5.74) is 9.76. The molecule has 0 aliphatic carbocycles. The van der Waals surface area contributed by atoms with E-state index >= 15 is 0 Å². The van der Waals surface area contributed by atoms with Crippen LogP contribution in [0.3, 0.4) is 0 Å². The fraction of sp³-hybridized carbons (Fsp3) is 0.286. The van der Waals surface area contributed by atoms with Gasteiger partial charge in [-0.05, 0) is 36.1 Å². The predicted molar refractivity (Wildman–Crippen MR) is 72.9 cm³/mol. The van der Waals surface area contributed by atoms with Gasteiger partial charge in [-0.1, -0.05) is 37.6 Å². The number of nitrogen functional groups attached to an aromatic ring is 1. The standard InChI is InChI=1S/C14H17NS/c1-3-4-11-5-7-12(8-6-11)13-9-14(15)16-10(13)2/h5-9H,3-4,15H2,1-2H3. The Bertz CT molecular complexity index is 468. The first-order chi connectivity index (χ1) is 7.70. The van der Waals surface area contributed by atoms with Gasteiger partial charge in [0.2, 0.25) is 0 Å². The molecule has 1 nitrogen and oxygen atoms in total. The van der Waals surface area contributed by atoms with Crippen LogP contribution in [0.15, 0.2) is 30.3 Å². The highest BCUT2D eigenvalue weighted by Gasteiger charge is 2.05. The van der Waals surface area contributed by atoms with Gasteiger partial charge in [0.15, 0.2) is 0 Å². The number of thiophene rings is 1. The van der Waals surface area contributed by atoms with Crippen molar-refractivity contribution in [2.24, 2.45) is 0 Å². The lowest BCUT2D eigenvalue weighted by molar-refractivity contribution is 0.922. The average Bonchev–Trinajstić information content (AvgIpc) is 2.59. The minimum absolute atomic E-state index is 0.894. The number of anilines is 1. The van der Waals surface area contributed by atoms with E-state index in [1.165, 1.54) is 28.0 Å². The molecule has 0 fully saturated rings.